The third-order valence-corrected chi connectivity index (χ3v) is 8.11. The second-order valence-electron chi connectivity index (χ2n) is 6.95. The van der Waals surface area contributed by atoms with E-state index in [1.807, 2.05) is 24.3 Å². The quantitative estimate of drug-likeness (QED) is 0.677. The van der Waals surface area contributed by atoms with Gasteiger partial charge in [0, 0.05) is 45.3 Å². The molecule has 0 N–H and O–H groups in total. The highest BCUT2D eigenvalue weighted by molar-refractivity contribution is 7.86. The molecule has 0 bridgehead atoms. The lowest BCUT2D eigenvalue weighted by atomic mass is 10.3. The summed E-state index contributed by atoms with van der Waals surface area (Å²) in [6, 6.07) is 7.86. The van der Waals surface area contributed by atoms with Crippen LogP contribution in [0.4, 0.5) is 0 Å². The smallest absolute Gasteiger partial charge is 0.282 e. The first-order chi connectivity index (χ1) is 14.0. The van der Waals surface area contributed by atoms with Crippen molar-refractivity contribution in [1.82, 2.24) is 18.5 Å². The van der Waals surface area contributed by atoms with E-state index in [-0.39, 0.29) is 5.91 Å². The molecule has 2 aliphatic rings. The Labute approximate surface area is 174 Å². The molecule has 2 fully saturated rings. The molecule has 1 amide bonds. The second kappa shape index (κ2) is 8.88. The van der Waals surface area contributed by atoms with Gasteiger partial charge in [-0.15, -0.1) is 11.3 Å². The van der Waals surface area contributed by atoms with E-state index in [4.69, 9.17) is 4.74 Å². The van der Waals surface area contributed by atoms with Crippen LogP contribution in [-0.4, -0.2) is 85.3 Å². The van der Waals surface area contributed by atoms with Gasteiger partial charge in [-0.2, -0.15) is 17.0 Å². The maximum atomic E-state index is 12.8. The third-order valence-electron chi connectivity index (χ3n) is 5.07. The molecule has 2 aliphatic heterocycles. The Morgan fingerprint density at radius 2 is 1.79 bits per heavy atom. The summed E-state index contributed by atoms with van der Waals surface area (Å²) >= 11 is 1.54. The zero-order chi connectivity index (χ0) is 20.3. The Morgan fingerprint density at radius 3 is 2.59 bits per heavy atom. The van der Waals surface area contributed by atoms with E-state index in [2.05, 4.69) is 4.98 Å². The van der Waals surface area contributed by atoms with Crippen molar-refractivity contribution in [3.05, 3.63) is 35.3 Å². The predicted molar refractivity (Wildman–Crippen MR) is 113 cm³/mol. The third kappa shape index (κ3) is 4.67. The monoisotopic (exact) mass is 436 g/mol. The van der Waals surface area contributed by atoms with E-state index in [1.165, 1.54) is 26.0 Å². The van der Waals surface area contributed by atoms with Crippen LogP contribution in [0, 0.1) is 0 Å². The minimum absolute atomic E-state index is 0.116. The van der Waals surface area contributed by atoms with Gasteiger partial charge in [-0.05, 0) is 24.6 Å². The van der Waals surface area contributed by atoms with E-state index in [1.54, 1.807) is 11.0 Å². The molecular formula is C19H24N4O4S2. The Kier molecular flexibility index (Phi) is 6.26. The highest BCUT2D eigenvalue weighted by Gasteiger charge is 2.32. The maximum Gasteiger partial charge on any atom is 0.282 e. The molecule has 10 heteroatoms. The van der Waals surface area contributed by atoms with Gasteiger partial charge in [-0.1, -0.05) is 12.1 Å². The molecule has 0 atom stereocenters. The number of morpholine rings is 1. The molecule has 3 heterocycles. The lowest BCUT2D eigenvalue weighted by Crippen LogP contribution is -2.49. The van der Waals surface area contributed by atoms with Crippen molar-refractivity contribution in [2.45, 2.75) is 6.42 Å². The summed E-state index contributed by atoms with van der Waals surface area (Å²) in [5.74, 6) is -0.116. The number of fused-ring (bicyclic) bond motifs is 1. The normalized spacial score (nSPS) is 20.3. The fourth-order valence-corrected chi connectivity index (χ4v) is 5.97. The number of carbonyl (C=O) groups is 1. The first-order valence-electron chi connectivity index (χ1n) is 9.69. The molecule has 1 aromatic carbocycles. The van der Waals surface area contributed by atoms with Crippen molar-refractivity contribution < 1.29 is 17.9 Å². The Hall–Kier alpha value is -1.85. The number of ether oxygens (including phenoxy) is 1. The Bertz CT molecular complexity index is 966. The summed E-state index contributed by atoms with van der Waals surface area (Å²) in [6.07, 6.45) is 3.88. The molecular weight excluding hydrogens is 412 g/mol. The molecule has 0 radical (unpaired) electrons. The minimum Gasteiger partial charge on any atom is -0.379 e. The standard InChI is InChI=1S/C19H24N4O4S2/c24-19(7-6-18-20-16-4-1-2-5-17(16)28-18)21-8-3-9-22(11-10-21)29(25,26)23-12-14-27-15-13-23/h1-2,4-7H,3,8-15H2. The maximum absolute atomic E-state index is 12.8. The van der Waals surface area contributed by atoms with E-state index in [9.17, 15) is 13.2 Å². The second-order valence-corrected chi connectivity index (χ2v) is 9.94. The molecule has 0 saturated carbocycles. The van der Waals surface area contributed by atoms with Gasteiger partial charge >= 0.3 is 0 Å². The van der Waals surface area contributed by atoms with Gasteiger partial charge in [-0.25, -0.2) is 4.98 Å². The van der Waals surface area contributed by atoms with Crippen LogP contribution in [0.15, 0.2) is 30.3 Å². The van der Waals surface area contributed by atoms with Crippen molar-refractivity contribution in [3.8, 4) is 0 Å². The lowest BCUT2D eigenvalue weighted by Gasteiger charge is -2.31. The van der Waals surface area contributed by atoms with Gasteiger partial charge < -0.3 is 9.64 Å². The number of benzene rings is 1. The number of amides is 1. The zero-order valence-electron chi connectivity index (χ0n) is 16.1. The van der Waals surface area contributed by atoms with Crippen LogP contribution in [-0.2, 0) is 19.7 Å². The van der Waals surface area contributed by atoms with Crippen LogP contribution in [0.5, 0.6) is 0 Å². The van der Waals surface area contributed by atoms with Crippen LogP contribution in [0.2, 0.25) is 0 Å². The number of para-hydroxylation sites is 1. The SMILES string of the molecule is O=C(C=Cc1nc2ccccc2s1)N1CCCN(S(=O)(=O)N2CCOCC2)CC1. The summed E-state index contributed by atoms with van der Waals surface area (Å²) in [4.78, 5) is 18.8. The van der Waals surface area contributed by atoms with Gasteiger partial charge in [0.2, 0.25) is 5.91 Å². The highest BCUT2D eigenvalue weighted by Crippen LogP contribution is 2.22. The van der Waals surface area contributed by atoms with Crippen LogP contribution in [0.3, 0.4) is 0 Å². The first kappa shape index (κ1) is 20.4. The topological polar surface area (TPSA) is 83.1 Å². The molecule has 4 rings (SSSR count). The number of rotatable bonds is 4. The van der Waals surface area contributed by atoms with Crippen molar-refractivity contribution in [2.75, 3.05) is 52.5 Å². The molecule has 156 valence electrons. The Morgan fingerprint density at radius 1 is 1.03 bits per heavy atom. The molecule has 1 aromatic heterocycles. The van der Waals surface area contributed by atoms with E-state index >= 15 is 0 Å². The lowest BCUT2D eigenvalue weighted by molar-refractivity contribution is -0.125. The number of aromatic nitrogens is 1. The van der Waals surface area contributed by atoms with Crippen molar-refractivity contribution in [1.29, 1.82) is 0 Å². The van der Waals surface area contributed by atoms with Crippen molar-refractivity contribution >= 4 is 43.7 Å². The number of nitrogens with zero attached hydrogens (tertiary/aromatic N) is 4. The van der Waals surface area contributed by atoms with Gasteiger partial charge in [-0.3, -0.25) is 4.79 Å². The van der Waals surface area contributed by atoms with Gasteiger partial charge in [0.05, 0.1) is 23.4 Å². The molecule has 2 aromatic rings. The van der Waals surface area contributed by atoms with E-state index in [0.717, 1.165) is 15.2 Å². The zero-order valence-corrected chi connectivity index (χ0v) is 17.7. The number of hydrogen-bond donors (Lipinski definition) is 0. The first-order valence-corrected chi connectivity index (χ1v) is 11.9. The molecule has 0 unspecified atom stereocenters. The Balaban J connectivity index is 1.38. The average molecular weight is 437 g/mol. The highest BCUT2D eigenvalue weighted by atomic mass is 32.2. The van der Waals surface area contributed by atoms with Gasteiger partial charge in [0.15, 0.2) is 0 Å². The predicted octanol–water partition coefficient (Wildman–Crippen LogP) is 1.42. The molecule has 8 nitrogen and oxygen atoms in total. The summed E-state index contributed by atoms with van der Waals surface area (Å²) < 4.78 is 35.0. The van der Waals surface area contributed by atoms with E-state index < -0.39 is 10.2 Å². The minimum atomic E-state index is -3.51. The molecule has 29 heavy (non-hydrogen) atoms. The average Bonchev–Trinajstić information content (AvgIpc) is 2.99. The van der Waals surface area contributed by atoms with Gasteiger partial charge in [0.25, 0.3) is 10.2 Å². The fraction of sp³-hybridized carbons (Fsp3) is 0.474. The van der Waals surface area contributed by atoms with Crippen LogP contribution < -0.4 is 0 Å². The van der Waals surface area contributed by atoms with Crippen LogP contribution in [0.1, 0.15) is 11.4 Å². The van der Waals surface area contributed by atoms with E-state index in [0.29, 0.717) is 58.9 Å². The number of hydrogen-bond acceptors (Lipinski definition) is 6. The van der Waals surface area contributed by atoms with Crippen LogP contribution >= 0.6 is 11.3 Å². The largest absolute Gasteiger partial charge is 0.379 e. The molecule has 2 saturated heterocycles. The summed E-state index contributed by atoms with van der Waals surface area (Å²) in [5.41, 5.74) is 0.920. The number of carbonyl (C=O) groups excluding carboxylic acids is 1. The van der Waals surface area contributed by atoms with Crippen molar-refractivity contribution in [3.63, 3.8) is 0 Å². The van der Waals surface area contributed by atoms with Crippen molar-refractivity contribution in [2.24, 2.45) is 0 Å². The summed E-state index contributed by atoms with van der Waals surface area (Å²) in [6.45, 7) is 3.26. The number of thiazole rings is 1. The fourth-order valence-electron chi connectivity index (χ4n) is 3.49. The molecule has 0 spiro atoms. The molecule has 0 aliphatic carbocycles. The van der Waals surface area contributed by atoms with Crippen LogP contribution in [0.25, 0.3) is 16.3 Å². The summed E-state index contributed by atoms with van der Waals surface area (Å²) in [7, 11) is -3.51. The summed E-state index contributed by atoms with van der Waals surface area (Å²) in [5, 5.41) is 0.783. The van der Waals surface area contributed by atoms with Gasteiger partial charge in [0.1, 0.15) is 5.01 Å².